The number of aromatic nitrogens is 2. The minimum Gasteiger partial charge on any atom is -0.486 e. The SMILES string of the molecule is C=C/C=C(\C=C)Oc1ccc(Nc2ncnc3cc(OC4CCOC4)c(NC=O)cc23)cc1. The Morgan fingerprint density at radius 2 is 2.03 bits per heavy atom. The number of amides is 1. The molecule has 1 aliphatic rings. The van der Waals surface area contributed by atoms with Crippen molar-refractivity contribution in [3.63, 3.8) is 0 Å². The summed E-state index contributed by atoms with van der Waals surface area (Å²) in [4.78, 5) is 19.9. The van der Waals surface area contributed by atoms with Crippen LogP contribution in [0.5, 0.6) is 11.5 Å². The van der Waals surface area contributed by atoms with Crippen LogP contribution >= 0.6 is 0 Å². The third-order valence-corrected chi connectivity index (χ3v) is 4.97. The van der Waals surface area contributed by atoms with E-state index in [1.54, 1.807) is 30.4 Å². The molecular formula is C25H24N4O4. The Labute approximate surface area is 191 Å². The van der Waals surface area contributed by atoms with Crippen molar-refractivity contribution in [3.05, 3.63) is 79.9 Å². The highest BCUT2D eigenvalue weighted by molar-refractivity contribution is 5.96. The van der Waals surface area contributed by atoms with Gasteiger partial charge in [-0.3, -0.25) is 4.79 Å². The average Bonchev–Trinajstić information content (AvgIpc) is 3.34. The van der Waals surface area contributed by atoms with Gasteiger partial charge in [0.25, 0.3) is 0 Å². The van der Waals surface area contributed by atoms with E-state index in [4.69, 9.17) is 14.2 Å². The largest absolute Gasteiger partial charge is 0.486 e. The smallest absolute Gasteiger partial charge is 0.211 e. The number of nitrogens with zero attached hydrogens (tertiary/aromatic N) is 2. The molecule has 1 atom stereocenters. The third kappa shape index (κ3) is 5.36. The van der Waals surface area contributed by atoms with Gasteiger partial charge in [-0.15, -0.1) is 0 Å². The summed E-state index contributed by atoms with van der Waals surface area (Å²) >= 11 is 0. The molecule has 2 heterocycles. The Morgan fingerprint density at radius 1 is 1.18 bits per heavy atom. The molecular weight excluding hydrogens is 420 g/mol. The second kappa shape index (κ2) is 10.4. The predicted octanol–water partition coefficient (Wildman–Crippen LogP) is 4.74. The molecule has 168 valence electrons. The van der Waals surface area contributed by atoms with Crippen molar-refractivity contribution in [1.82, 2.24) is 9.97 Å². The lowest BCUT2D eigenvalue weighted by atomic mass is 10.1. The van der Waals surface area contributed by atoms with Crippen molar-refractivity contribution >= 4 is 34.5 Å². The molecule has 0 aliphatic carbocycles. The highest BCUT2D eigenvalue weighted by Crippen LogP contribution is 2.34. The fourth-order valence-corrected chi connectivity index (χ4v) is 3.38. The van der Waals surface area contributed by atoms with E-state index in [2.05, 4.69) is 33.8 Å². The van der Waals surface area contributed by atoms with Crippen molar-refractivity contribution in [2.24, 2.45) is 0 Å². The number of carbonyl (C=O) groups excluding carboxylic acids is 1. The Balaban J connectivity index is 1.59. The van der Waals surface area contributed by atoms with Gasteiger partial charge in [0.1, 0.15) is 35.5 Å². The molecule has 8 nitrogen and oxygen atoms in total. The van der Waals surface area contributed by atoms with Crippen LogP contribution in [0.4, 0.5) is 17.2 Å². The average molecular weight is 444 g/mol. The quantitative estimate of drug-likeness (QED) is 0.265. The molecule has 1 aromatic heterocycles. The van der Waals surface area contributed by atoms with Gasteiger partial charge < -0.3 is 24.8 Å². The fourth-order valence-electron chi connectivity index (χ4n) is 3.38. The van der Waals surface area contributed by atoms with Crippen LogP contribution in [0.2, 0.25) is 0 Å². The van der Waals surface area contributed by atoms with E-state index >= 15 is 0 Å². The monoisotopic (exact) mass is 444 g/mol. The van der Waals surface area contributed by atoms with Gasteiger partial charge in [-0.1, -0.05) is 19.2 Å². The maximum Gasteiger partial charge on any atom is 0.211 e. The summed E-state index contributed by atoms with van der Waals surface area (Å²) in [5.74, 6) is 2.40. The lowest BCUT2D eigenvalue weighted by Gasteiger charge is -2.17. The third-order valence-electron chi connectivity index (χ3n) is 4.97. The standard InChI is InChI=1S/C25H24N4O4/c1-3-5-18(4-2)32-19-8-6-17(7-9-19)29-25-21-12-23(28-16-30)24(13-22(21)26-15-27-25)33-20-10-11-31-14-20/h3-9,12-13,15-16,20H,1-2,10-11,14H2,(H,28,30)(H,26,27,29)/b18-5+. The molecule has 4 rings (SSSR count). The zero-order valence-electron chi connectivity index (χ0n) is 18.0. The number of nitrogens with one attached hydrogen (secondary N) is 2. The number of rotatable bonds is 10. The van der Waals surface area contributed by atoms with Gasteiger partial charge in [-0.2, -0.15) is 0 Å². The lowest BCUT2D eigenvalue weighted by molar-refractivity contribution is -0.105. The van der Waals surface area contributed by atoms with Gasteiger partial charge in [0.05, 0.1) is 24.4 Å². The summed E-state index contributed by atoms with van der Waals surface area (Å²) in [5, 5.41) is 6.74. The molecule has 2 N–H and O–H groups in total. The van der Waals surface area contributed by atoms with E-state index in [0.717, 1.165) is 17.5 Å². The summed E-state index contributed by atoms with van der Waals surface area (Å²) in [6, 6.07) is 11.0. The van der Waals surface area contributed by atoms with E-state index in [9.17, 15) is 4.79 Å². The maximum absolute atomic E-state index is 11.2. The first kappa shape index (κ1) is 22.0. The summed E-state index contributed by atoms with van der Waals surface area (Å²) in [6.07, 6.45) is 7.82. The number of benzene rings is 2. The van der Waals surface area contributed by atoms with Crippen LogP contribution in [0.3, 0.4) is 0 Å². The first-order chi connectivity index (χ1) is 16.2. The van der Waals surface area contributed by atoms with Crippen LogP contribution in [0.1, 0.15) is 6.42 Å². The highest BCUT2D eigenvalue weighted by Gasteiger charge is 2.20. The van der Waals surface area contributed by atoms with Crippen LogP contribution in [0.25, 0.3) is 10.9 Å². The Hall–Kier alpha value is -4.17. The number of fused-ring (bicyclic) bond motifs is 1. The molecule has 0 bridgehead atoms. The van der Waals surface area contributed by atoms with E-state index in [-0.39, 0.29) is 6.10 Å². The molecule has 0 spiro atoms. The summed E-state index contributed by atoms with van der Waals surface area (Å²) < 4.78 is 17.2. The Kier molecular flexibility index (Phi) is 6.96. The van der Waals surface area contributed by atoms with Gasteiger partial charge in [0, 0.05) is 23.6 Å². The molecule has 2 aromatic carbocycles. The molecule has 1 saturated heterocycles. The van der Waals surface area contributed by atoms with Crippen LogP contribution < -0.4 is 20.1 Å². The van der Waals surface area contributed by atoms with Crippen molar-refractivity contribution < 1.29 is 19.0 Å². The Morgan fingerprint density at radius 3 is 2.73 bits per heavy atom. The number of carbonyl (C=O) groups is 1. The highest BCUT2D eigenvalue weighted by atomic mass is 16.5. The van der Waals surface area contributed by atoms with Crippen LogP contribution in [0.15, 0.2) is 79.9 Å². The molecule has 0 radical (unpaired) electrons. The number of allylic oxidation sites excluding steroid dienone is 3. The second-order valence-electron chi connectivity index (χ2n) is 7.21. The number of hydrogen-bond acceptors (Lipinski definition) is 7. The lowest BCUT2D eigenvalue weighted by Crippen LogP contribution is -2.16. The number of ether oxygens (including phenoxy) is 3. The first-order valence-electron chi connectivity index (χ1n) is 10.4. The second-order valence-corrected chi connectivity index (χ2v) is 7.21. The first-order valence-corrected chi connectivity index (χ1v) is 10.4. The van der Waals surface area contributed by atoms with Gasteiger partial charge in [-0.05, 0) is 42.5 Å². The van der Waals surface area contributed by atoms with Crippen LogP contribution in [0, 0.1) is 0 Å². The molecule has 8 heteroatoms. The van der Waals surface area contributed by atoms with Crippen molar-refractivity contribution in [3.8, 4) is 11.5 Å². The predicted molar refractivity (Wildman–Crippen MR) is 128 cm³/mol. The summed E-state index contributed by atoms with van der Waals surface area (Å²) in [6.45, 7) is 8.57. The molecule has 1 aliphatic heterocycles. The zero-order valence-corrected chi connectivity index (χ0v) is 18.0. The zero-order chi connectivity index (χ0) is 23.0. The van der Waals surface area contributed by atoms with Crippen LogP contribution in [-0.2, 0) is 9.53 Å². The van der Waals surface area contributed by atoms with E-state index < -0.39 is 0 Å². The Bertz CT molecular complexity index is 1180. The molecule has 1 fully saturated rings. The number of anilines is 3. The molecule has 1 unspecified atom stereocenters. The topological polar surface area (TPSA) is 94.6 Å². The molecule has 33 heavy (non-hydrogen) atoms. The van der Waals surface area contributed by atoms with E-state index in [0.29, 0.717) is 53.9 Å². The van der Waals surface area contributed by atoms with Gasteiger partial charge in [0.2, 0.25) is 6.41 Å². The maximum atomic E-state index is 11.2. The van der Waals surface area contributed by atoms with Crippen molar-refractivity contribution in [2.45, 2.75) is 12.5 Å². The molecule has 0 saturated carbocycles. The number of hydrogen-bond donors (Lipinski definition) is 2. The van der Waals surface area contributed by atoms with E-state index in [1.165, 1.54) is 6.33 Å². The fraction of sp³-hybridized carbons (Fsp3) is 0.160. The minimum atomic E-state index is -0.0576. The molecule has 1 amide bonds. The van der Waals surface area contributed by atoms with Gasteiger partial charge in [-0.25, -0.2) is 9.97 Å². The minimum absolute atomic E-state index is 0.0576. The normalized spacial score (nSPS) is 15.6. The van der Waals surface area contributed by atoms with Crippen molar-refractivity contribution in [2.75, 3.05) is 23.8 Å². The molecule has 3 aromatic rings. The van der Waals surface area contributed by atoms with Crippen molar-refractivity contribution in [1.29, 1.82) is 0 Å². The van der Waals surface area contributed by atoms with E-state index in [1.807, 2.05) is 24.3 Å². The van der Waals surface area contributed by atoms with Gasteiger partial charge >= 0.3 is 0 Å². The summed E-state index contributed by atoms with van der Waals surface area (Å²) in [7, 11) is 0. The van der Waals surface area contributed by atoms with Crippen LogP contribution in [-0.4, -0.2) is 35.7 Å². The summed E-state index contributed by atoms with van der Waals surface area (Å²) in [5.41, 5.74) is 2.03. The van der Waals surface area contributed by atoms with Gasteiger partial charge in [0.15, 0.2) is 0 Å².